The molecule has 4 atom stereocenters. The average Bonchev–Trinajstić information content (AvgIpc) is 2.56. The van der Waals surface area contributed by atoms with Crippen molar-refractivity contribution in [2.75, 3.05) is 13.1 Å². The molecule has 1 saturated heterocycles. The lowest BCUT2D eigenvalue weighted by atomic mass is 9.67. The molecule has 0 aromatic rings. The smallest absolute Gasteiger partial charge is 0.0688 e. The molecule has 1 N–H and O–H groups in total. The van der Waals surface area contributed by atoms with Crippen LogP contribution in [0.2, 0.25) is 0 Å². The molecule has 0 amide bonds. The molecule has 0 aromatic heterocycles. The number of hydrogen-bond donors (Lipinski definition) is 1. The lowest BCUT2D eigenvalue weighted by molar-refractivity contribution is -0.0577. The van der Waals surface area contributed by atoms with Gasteiger partial charge in [-0.2, -0.15) is 0 Å². The second-order valence-corrected chi connectivity index (χ2v) is 7.55. The Morgan fingerprint density at radius 3 is 2.42 bits per heavy atom. The zero-order valence-electron chi connectivity index (χ0n) is 13.4. The summed E-state index contributed by atoms with van der Waals surface area (Å²) in [5.74, 6) is 2.18. The molecule has 2 aliphatic rings. The molecule has 2 rings (SSSR count). The molecule has 2 heteroatoms. The molecule has 0 bridgehead atoms. The Hall–Kier alpha value is -0.0800. The van der Waals surface area contributed by atoms with E-state index in [1.165, 1.54) is 25.8 Å². The van der Waals surface area contributed by atoms with Gasteiger partial charge < -0.3 is 10.0 Å². The van der Waals surface area contributed by atoms with E-state index in [1.807, 2.05) is 0 Å². The van der Waals surface area contributed by atoms with Crippen molar-refractivity contribution < 1.29 is 5.11 Å². The van der Waals surface area contributed by atoms with Crippen LogP contribution in [0.4, 0.5) is 0 Å². The summed E-state index contributed by atoms with van der Waals surface area (Å²) in [5.41, 5.74) is -0.377. The highest BCUT2D eigenvalue weighted by molar-refractivity contribution is 4.93. The first-order valence-electron chi connectivity index (χ1n) is 8.39. The van der Waals surface area contributed by atoms with Gasteiger partial charge in [-0.05, 0) is 70.3 Å². The second-order valence-electron chi connectivity index (χ2n) is 7.55. The lowest BCUT2D eigenvalue weighted by Crippen LogP contribution is -2.42. The lowest BCUT2D eigenvalue weighted by Gasteiger charge is -2.42. The van der Waals surface area contributed by atoms with Gasteiger partial charge in [-0.3, -0.25) is 0 Å². The molecule has 112 valence electrons. The maximum absolute atomic E-state index is 11.2. The highest BCUT2D eigenvalue weighted by Crippen LogP contribution is 2.43. The number of nitrogens with zero attached hydrogens (tertiary/aromatic N) is 1. The van der Waals surface area contributed by atoms with E-state index in [-0.39, 0.29) is 5.60 Å². The Labute approximate surface area is 119 Å². The van der Waals surface area contributed by atoms with Crippen molar-refractivity contribution in [3.63, 3.8) is 0 Å². The van der Waals surface area contributed by atoms with Crippen LogP contribution in [0, 0.1) is 17.8 Å². The van der Waals surface area contributed by atoms with Gasteiger partial charge in [0.1, 0.15) is 0 Å². The molecule has 0 spiro atoms. The zero-order valence-corrected chi connectivity index (χ0v) is 13.4. The van der Waals surface area contributed by atoms with Gasteiger partial charge in [0, 0.05) is 12.6 Å². The maximum atomic E-state index is 11.2. The van der Waals surface area contributed by atoms with E-state index in [2.05, 4.69) is 32.6 Å². The van der Waals surface area contributed by atoms with E-state index in [4.69, 9.17) is 0 Å². The third-order valence-electron chi connectivity index (χ3n) is 5.98. The average molecular weight is 267 g/mol. The van der Waals surface area contributed by atoms with Crippen molar-refractivity contribution >= 4 is 0 Å². The molecule has 1 aliphatic carbocycles. The Morgan fingerprint density at radius 1 is 1.05 bits per heavy atom. The SMILES string of the molecule is CC1CCC(C2(O)CCCN(C(C)C)CC2)CC1C. The van der Waals surface area contributed by atoms with E-state index in [1.54, 1.807) is 0 Å². The van der Waals surface area contributed by atoms with E-state index >= 15 is 0 Å². The van der Waals surface area contributed by atoms with E-state index in [0.717, 1.165) is 37.6 Å². The zero-order chi connectivity index (χ0) is 14.0. The minimum absolute atomic E-state index is 0.377. The van der Waals surface area contributed by atoms with Crippen molar-refractivity contribution in [1.29, 1.82) is 0 Å². The topological polar surface area (TPSA) is 23.5 Å². The van der Waals surface area contributed by atoms with Crippen molar-refractivity contribution in [2.45, 2.75) is 77.9 Å². The van der Waals surface area contributed by atoms with Crippen LogP contribution < -0.4 is 0 Å². The third-order valence-corrected chi connectivity index (χ3v) is 5.98. The Bertz CT molecular complexity index is 291. The van der Waals surface area contributed by atoms with E-state index < -0.39 is 0 Å². The largest absolute Gasteiger partial charge is 0.390 e. The molecular formula is C17H33NO. The first kappa shape index (κ1) is 15.3. The second kappa shape index (κ2) is 6.13. The molecule has 2 fully saturated rings. The molecule has 2 nitrogen and oxygen atoms in total. The predicted octanol–water partition coefficient (Wildman–Crippen LogP) is 3.68. The Balaban J connectivity index is 1.98. The fourth-order valence-corrected chi connectivity index (χ4v) is 4.12. The summed E-state index contributed by atoms with van der Waals surface area (Å²) in [6, 6.07) is 0.618. The van der Waals surface area contributed by atoms with Crippen LogP contribution >= 0.6 is 0 Å². The summed E-state index contributed by atoms with van der Waals surface area (Å²) in [5, 5.41) is 11.2. The van der Waals surface area contributed by atoms with Crippen molar-refractivity contribution in [3.8, 4) is 0 Å². The molecule has 0 radical (unpaired) electrons. The van der Waals surface area contributed by atoms with Crippen LogP contribution in [0.1, 0.15) is 66.2 Å². The Kier molecular flexibility index (Phi) is 4.94. The van der Waals surface area contributed by atoms with Gasteiger partial charge in [-0.1, -0.05) is 20.3 Å². The number of aliphatic hydroxyl groups is 1. The molecule has 1 saturated carbocycles. The van der Waals surface area contributed by atoms with Crippen molar-refractivity contribution in [3.05, 3.63) is 0 Å². The van der Waals surface area contributed by atoms with Gasteiger partial charge in [-0.15, -0.1) is 0 Å². The first-order valence-corrected chi connectivity index (χ1v) is 8.39. The van der Waals surface area contributed by atoms with Crippen LogP contribution in [0.3, 0.4) is 0 Å². The van der Waals surface area contributed by atoms with Gasteiger partial charge in [0.2, 0.25) is 0 Å². The first-order chi connectivity index (χ1) is 8.92. The highest BCUT2D eigenvalue weighted by Gasteiger charge is 2.41. The quantitative estimate of drug-likeness (QED) is 0.825. The van der Waals surface area contributed by atoms with Gasteiger partial charge in [0.25, 0.3) is 0 Å². The fraction of sp³-hybridized carbons (Fsp3) is 1.00. The minimum atomic E-state index is -0.377. The summed E-state index contributed by atoms with van der Waals surface area (Å²) in [6.07, 6.45) is 6.94. The molecule has 0 aromatic carbocycles. The Morgan fingerprint density at radius 2 is 1.79 bits per heavy atom. The molecule has 4 unspecified atom stereocenters. The summed E-state index contributed by atoms with van der Waals surface area (Å²) in [6.45, 7) is 11.5. The maximum Gasteiger partial charge on any atom is 0.0688 e. The monoisotopic (exact) mass is 267 g/mol. The molecule has 19 heavy (non-hydrogen) atoms. The number of rotatable bonds is 2. The molecule has 1 heterocycles. The normalized spacial score (nSPS) is 42.3. The standard InChI is InChI=1S/C17H33NO/c1-13(2)18-10-5-8-17(19,9-11-18)16-7-6-14(3)15(4)12-16/h13-16,19H,5-12H2,1-4H3. The van der Waals surface area contributed by atoms with Crippen LogP contribution in [0.5, 0.6) is 0 Å². The molecule has 1 aliphatic heterocycles. The van der Waals surface area contributed by atoms with Crippen LogP contribution in [-0.2, 0) is 0 Å². The van der Waals surface area contributed by atoms with Crippen molar-refractivity contribution in [2.24, 2.45) is 17.8 Å². The summed E-state index contributed by atoms with van der Waals surface area (Å²) in [7, 11) is 0. The third kappa shape index (κ3) is 3.52. The molecular weight excluding hydrogens is 234 g/mol. The number of hydrogen-bond acceptors (Lipinski definition) is 2. The predicted molar refractivity (Wildman–Crippen MR) is 81.2 cm³/mol. The van der Waals surface area contributed by atoms with Gasteiger partial charge in [0.05, 0.1) is 5.60 Å². The van der Waals surface area contributed by atoms with Crippen LogP contribution in [-0.4, -0.2) is 34.7 Å². The summed E-state index contributed by atoms with van der Waals surface area (Å²) in [4.78, 5) is 2.53. The highest BCUT2D eigenvalue weighted by atomic mass is 16.3. The van der Waals surface area contributed by atoms with Crippen LogP contribution in [0.15, 0.2) is 0 Å². The number of likely N-dealkylation sites (tertiary alicyclic amines) is 1. The van der Waals surface area contributed by atoms with Gasteiger partial charge in [0.15, 0.2) is 0 Å². The summed E-state index contributed by atoms with van der Waals surface area (Å²) >= 11 is 0. The van der Waals surface area contributed by atoms with E-state index in [9.17, 15) is 5.11 Å². The van der Waals surface area contributed by atoms with Gasteiger partial charge in [-0.25, -0.2) is 0 Å². The van der Waals surface area contributed by atoms with Gasteiger partial charge >= 0.3 is 0 Å². The summed E-state index contributed by atoms with van der Waals surface area (Å²) < 4.78 is 0. The van der Waals surface area contributed by atoms with E-state index in [0.29, 0.717) is 12.0 Å². The van der Waals surface area contributed by atoms with Crippen LogP contribution in [0.25, 0.3) is 0 Å². The fourth-order valence-electron chi connectivity index (χ4n) is 4.12. The minimum Gasteiger partial charge on any atom is -0.390 e. The van der Waals surface area contributed by atoms with Crippen molar-refractivity contribution in [1.82, 2.24) is 4.90 Å².